The number of hydrogen-bond acceptors (Lipinski definition) is 3. The second kappa shape index (κ2) is 7.07. The highest BCUT2D eigenvalue weighted by Gasteiger charge is 2.45. The Morgan fingerprint density at radius 1 is 1.20 bits per heavy atom. The zero-order chi connectivity index (χ0) is 20.9. The van der Waals surface area contributed by atoms with E-state index in [0.717, 1.165) is 44.2 Å². The number of carbonyl (C=O) groups is 1. The standard InChI is InChI=1S/C23H25FN4O2/c1-2-28-20-12-15(11-18(24)17(20)13-26-28)19-4-3-16(21(29)27-19)14-5-7-23(8-6-14)9-10-25-22(23)30/h3-4,11-14H,2,5-10H2,1H3,(H,25,30)(H,27,29). The molecule has 2 N–H and O–H groups in total. The third-order valence-corrected chi connectivity index (χ3v) is 7.02. The molecule has 3 aromatic rings. The summed E-state index contributed by atoms with van der Waals surface area (Å²) in [6.07, 6.45) is 5.76. The summed E-state index contributed by atoms with van der Waals surface area (Å²) < 4.78 is 16.3. The molecule has 5 rings (SSSR count). The minimum atomic E-state index is -0.348. The van der Waals surface area contributed by atoms with Crippen molar-refractivity contribution >= 4 is 16.8 Å². The number of carbonyl (C=O) groups excluding carboxylic acids is 1. The Morgan fingerprint density at radius 3 is 2.67 bits per heavy atom. The van der Waals surface area contributed by atoms with E-state index in [4.69, 9.17) is 0 Å². The molecule has 3 heterocycles. The van der Waals surface area contributed by atoms with Crippen LogP contribution in [0.4, 0.5) is 4.39 Å². The number of aromatic nitrogens is 3. The van der Waals surface area contributed by atoms with E-state index < -0.39 is 0 Å². The van der Waals surface area contributed by atoms with Gasteiger partial charge in [0.05, 0.1) is 22.5 Å². The fraction of sp³-hybridized carbons (Fsp3) is 0.435. The first kappa shape index (κ1) is 19.0. The molecule has 1 aromatic carbocycles. The number of nitrogens with zero attached hydrogens (tertiary/aromatic N) is 2. The van der Waals surface area contributed by atoms with Gasteiger partial charge in [0.2, 0.25) is 5.91 Å². The number of aryl methyl sites for hydroxylation is 1. The number of H-pyrrole nitrogens is 1. The topological polar surface area (TPSA) is 79.8 Å². The molecule has 30 heavy (non-hydrogen) atoms. The molecule has 1 amide bonds. The number of rotatable bonds is 3. The van der Waals surface area contributed by atoms with Crippen molar-refractivity contribution in [2.45, 2.75) is 51.5 Å². The van der Waals surface area contributed by atoms with Crippen LogP contribution < -0.4 is 10.9 Å². The van der Waals surface area contributed by atoms with Gasteiger partial charge in [0.1, 0.15) is 5.82 Å². The average molecular weight is 408 g/mol. The monoisotopic (exact) mass is 408 g/mol. The number of fused-ring (bicyclic) bond motifs is 1. The average Bonchev–Trinajstić information content (AvgIpc) is 3.32. The number of hydrogen-bond donors (Lipinski definition) is 2. The molecule has 0 bridgehead atoms. The highest BCUT2D eigenvalue weighted by atomic mass is 19.1. The normalized spacial score (nSPS) is 23.9. The van der Waals surface area contributed by atoms with Crippen molar-refractivity contribution in [1.29, 1.82) is 0 Å². The van der Waals surface area contributed by atoms with Crippen LogP contribution in [0.1, 0.15) is 50.5 Å². The van der Waals surface area contributed by atoms with Crippen LogP contribution >= 0.6 is 0 Å². The maximum absolute atomic E-state index is 14.6. The van der Waals surface area contributed by atoms with Crippen molar-refractivity contribution in [3.8, 4) is 11.3 Å². The zero-order valence-corrected chi connectivity index (χ0v) is 17.0. The van der Waals surface area contributed by atoms with Crippen molar-refractivity contribution in [2.75, 3.05) is 6.54 Å². The van der Waals surface area contributed by atoms with Crippen LogP contribution in [-0.2, 0) is 11.3 Å². The summed E-state index contributed by atoms with van der Waals surface area (Å²) in [5.41, 5.74) is 2.34. The van der Waals surface area contributed by atoms with E-state index in [1.54, 1.807) is 4.68 Å². The molecule has 1 aliphatic heterocycles. The Bertz CT molecular complexity index is 1190. The SMILES string of the molecule is CCn1ncc2c(F)cc(-c3ccc(C4CCC5(CCNC5=O)CC4)c(=O)[nH]3)cc21. The van der Waals surface area contributed by atoms with Crippen molar-refractivity contribution in [2.24, 2.45) is 5.41 Å². The predicted molar refractivity (Wildman–Crippen MR) is 113 cm³/mol. The zero-order valence-electron chi connectivity index (χ0n) is 17.0. The molecule has 6 nitrogen and oxygen atoms in total. The van der Waals surface area contributed by atoms with Gasteiger partial charge < -0.3 is 10.3 Å². The number of benzene rings is 1. The summed E-state index contributed by atoms with van der Waals surface area (Å²) in [7, 11) is 0. The second-order valence-electron chi connectivity index (χ2n) is 8.57. The lowest BCUT2D eigenvalue weighted by Crippen LogP contribution is -2.35. The van der Waals surface area contributed by atoms with Crippen molar-refractivity contribution < 1.29 is 9.18 Å². The van der Waals surface area contributed by atoms with Gasteiger partial charge in [0, 0.05) is 29.9 Å². The molecule has 2 aliphatic rings. The first-order valence-electron chi connectivity index (χ1n) is 10.7. The van der Waals surface area contributed by atoms with Crippen LogP contribution in [0.15, 0.2) is 35.3 Å². The van der Waals surface area contributed by atoms with E-state index in [1.165, 1.54) is 12.3 Å². The molecular formula is C23H25FN4O2. The van der Waals surface area contributed by atoms with Gasteiger partial charge in [-0.15, -0.1) is 0 Å². The van der Waals surface area contributed by atoms with E-state index in [-0.39, 0.29) is 28.6 Å². The smallest absolute Gasteiger partial charge is 0.251 e. The quantitative estimate of drug-likeness (QED) is 0.693. The molecule has 2 aromatic heterocycles. The van der Waals surface area contributed by atoms with Gasteiger partial charge in [-0.05, 0) is 63.1 Å². The van der Waals surface area contributed by atoms with Gasteiger partial charge in [-0.1, -0.05) is 6.07 Å². The van der Waals surface area contributed by atoms with Gasteiger partial charge in [-0.25, -0.2) is 4.39 Å². The number of aromatic amines is 1. The molecule has 7 heteroatoms. The van der Waals surface area contributed by atoms with Crippen molar-refractivity contribution in [1.82, 2.24) is 20.1 Å². The van der Waals surface area contributed by atoms with Gasteiger partial charge in [0.15, 0.2) is 0 Å². The number of nitrogens with one attached hydrogen (secondary N) is 2. The summed E-state index contributed by atoms with van der Waals surface area (Å²) in [6, 6.07) is 7.03. The lowest BCUT2D eigenvalue weighted by molar-refractivity contribution is -0.129. The highest BCUT2D eigenvalue weighted by Crippen LogP contribution is 2.46. The minimum Gasteiger partial charge on any atom is -0.356 e. The first-order valence-corrected chi connectivity index (χ1v) is 10.7. The molecular weight excluding hydrogens is 383 g/mol. The van der Waals surface area contributed by atoms with Gasteiger partial charge in [0.25, 0.3) is 5.56 Å². The van der Waals surface area contributed by atoms with Gasteiger partial charge in [-0.3, -0.25) is 14.3 Å². The maximum atomic E-state index is 14.6. The molecule has 1 aliphatic carbocycles. The first-order chi connectivity index (χ1) is 14.5. The number of pyridine rings is 1. The Kier molecular flexibility index (Phi) is 4.49. The van der Waals surface area contributed by atoms with Gasteiger partial charge in [-0.2, -0.15) is 5.10 Å². The Balaban J connectivity index is 1.42. The third kappa shape index (κ3) is 2.95. The van der Waals surface area contributed by atoms with E-state index >= 15 is 0 Å². The van der Waals surface area contributed by atoms with Crippen molar-refractivity contribution in [3.63, 3.8) is 0 Å². The predicted octanol–water partition coefficient (Wildman–Crippen LogP) is 3.71. The fourth-order valence-corrected chi connectivity index (χ4v) is 5.19. The maximum Gasteiger partial charge on any atom is 0.251 e. The van der Waals surface area contributed by atoms with Crippen LogP contribution in [0.2, 0.25) is 0 Å². The van der Waals surface area contributed by atoms with Gasteiger partial charge >= 0.3 is 0 Å². The molecule has 0 atom stereocenters. The number of amides is 1. The summed E-state index contributed by atoms with van der Waals surface area (Å²) in [5, 5.41) is 7.64. The molecule has 1 saturated heterocycles. The van der Waals surface area contributed by atoms with Crippen LogP contribution in [0, 0.1) is 11.2 Å². The molecule has 0 radical (unpaired) electrons. The van der Waals surface area contributed by atoms with E-state index in [9.17, 15) is 14.0 Å². The lowest BCUT2D eigenvalue weighted by atomic mass is 9.68. The molecule has 0 unspecified atom stereocenters. The number of halogens is 1. The molecule has 1 saturated carbocycles. The van der Waals surface area contributed by atoms with E-state index in [2.05, 4.69) is 15.4 Å². The van der Waals surface area contributed by atoms with E-state index in [1.807, 2.05) is 25.1 Å². The highest BCUT2D eigenvalue weighted by molar-refractivity contribution is 5.85. The van der Waals surface area contributed by atoms with Crippen molar-refractivity contribution in [3.05, 3.63) is 52.2 Å². The summed E-state index contributed by atoms with van der Waals surface area (Å²) in [5.74, 6) is -0.0175. The largest absolute Gasteiger partial charge is 0.356 e. The Labute approximate surface area is 173 Å². The van der Waals surface area contributed by atoms with Crippen LogP contribution in [-0.4, -0.2) is 27.2 Å². The van der Waals surface area contributed by atoms with E-state index in [0.29, 0.717) is 28.7 Å². The minimum absolute atomic E-state index is 0.131. The third-order valence-electron chi connectivity index (χ3n) is 7.02. The van der Waals surface area contributed by atoms with Crippen LogP contribution in [0.5, 0.6) is 0 Å². The molecule has 2 fully saturated rings. The summed E-state index contributed by atoms with van der Waals surface area (Å²) >= 11 is 0. The molecule has 1 spiro atoms. The molecule has 156 valence electrons. The summed E-state index contributed by atoms with van der Waals surface area (Å²) in [6.45, 7) is 3.36. The Morgan fingerprint density at radius 2 is 2.00 bits per heavy atom. The second-order valence-corrected chi connectivity index (χ2v) is 8.57. The fourth-order valence-electron chi connectivity index (χ4n) is 5.19. The summed E-state index contributed by atoms with van der Waals surface area (Å²) in [4.78, 5) is 28.0. The lowest BCUT2D eigenvalue weighted by Gasteiger charge is -2.34. The Hall–Kier alpha value is -2.96. The van der Waals surface area contributed by atoms with Crippen LogP contribution in [0.25, 0.3) is 22.2 Å². The van der Waals surface area contributed by atoms with Crippen LogP contribution in [0.3, 0.4) is 0 Å².